The Bertz CT molecular complexity index is 429. The van der Waals surface area contributed by atoms with Gasteiger partial charge in [0.15, 0.2) is 0 Å². The van der Waals surface area contributed by atoms with Crippen molar-refractivity contribution in [3.63, 3.8) is 0 Å². The Morgan fingerprint density at radius 3 is 2.74 bits per heavy atom. The summed E-state index contributed by atoms with van der Waals surface area (Å²) in [7, 11) is 3.52. The lowest BCUT2D eigenvalue weighted by Gasteiger charge is -2.42. The summed E-state index contributed by atoms with van der Waals surface area (Å²) < 4.78 is 23.7. The molecule has 1 N–H and O–H groups in total. The normalized spacial score (nSPS) is 17.3. The molecule has 2 rings (SSSR count). The van der Waals surface area contributed by atoms with Gasteiger partial charge in [0.2, 0.25) is 0 Å². The molecule has 1 saturated heterocycles. The van der Waals surface area contributed by atoms with Gasteiger partial charge in [0.05, 0.1) is 32.3 Å². The summed E-state index contributed by atoms with van der Waals surface area (Å²) in [4.78, 5) is 2.05. The maximum absolute atomic E-state index is 13.3. The number of aliphatic hydroxyl groups is 1. The van der Waals surface area contributed by atoms with Crippen LogP contribution in [-0.2, 0) is 11.3 Å². The smallest absolute Gasteiger partial charge is 0.123 e. The molecule has 0 spiro atoms. The molecule has 19 heavy (non-hydrogen) atoms. The highest BCUT2D eigenvalue weighted by molar-refractivity contribution is 5.33. The van der Waals surface area contributed by atoms with Crippen molar-refractivity contribution in [1.82, 2.24) is 4.90 Å². The number of ether oxygens (including phenoxy) is 2. The average Bonchev–Trinajstić information content (AvgIpc) is 2.34. The number of halogens is 1. The first-order chi connectivity index (χ1) is 9.08. The Hall–Kier alpha value is -1.17. The van der Waals surface area contributed by atoms with Gasteiger partial charge in [0.25, 0.3) is 0 Å². The standard InChI is InChI=1S/C14H20FNO3/c1-16(7-14(8-17)9-19-10-14)6-11-5-12(15)3-4-13(11)18-2/h3-5,17H,6-10H2,1-2H3. The maximum atomic E-state index is 13.3. The Kier molecular flexibility index (Phi) is 4.39. The number of methoxy groups -OCH3 is 1. The third-order valence-electron chi connectivity index (χ3n) is 3.44. The van der Waals surface area contributed by atoms with Crippen LogP contribution in [0.4, 0.5) is 4.39 Å². The third-order valence-corrected chi connectivity index (χ3v) is 3.44. The molecule has 0 saturated carbocycles. The first-order valence-corrected chi connectivity index (χ1v) is 6.28. The van der Waals surface area contributed by atoms with E-state index in [4.69, 9.17) is 9.47 Å². The highest BCUT2D eigenvalue weighted by Gasteiger charge is 2.38. The fraction of sp³-hybridized carbons (Fsp3) is 0.571. The first-order valence-electron chi connectivity index (χ1n) is 6.28. The van der Waals surface area contributed by atoms with E-state index in [0.29, 0.717) is 32.1 Å². The number of nitrogens with zero attached hydrogens (tertiary/aromatic N) is 1. The molecule has 1 fully saturated rings. The topological polar surface area (TPSA) is 41.9 Å². The van der Waals surface area contributed by atoms with Gasteiger partial charge in [-0.2, -0.15) is 0 Å². The van der Waals surface area contributed by atoms with E-state index in [1.807, 2.05) is 7.05 Å². The van der Waals surface area contributed by atoms with E-state index < -0.39 is 0 Å². The zero-order valence-electron chi connectivity index (χ0n) is 11.4. The summed E-state index contributed by atoms with van der Waals surface area (Å²) in [6.45, 7) is 2.55. The van der Waals surface area contributed by atoms with E-state index in [9.17, 15) is 9.50 Å². The molecule has 1 heterocycles. The van der Waals surface area contributed by atoms with Gasteiger partial charge in [0, 0.05) is 18.7 Å². The highest BCUT2D eigenvalue weighted by atomic mass is 19.1. The second-order valence-electron chi connectivity index (χ2n) is 5.28. The van der Waals surface area contributed by atoms with Crippen LogP contribution < -0.4 is 4.74 Å². The largest absolute Gasteiger partial charge is 0.496 e. The van der Waals surface area contributed by atoms with Crippen LogP contribution in [0.5, 0.6) is 5.75 Å². The van der Waals surface area contributed by atoms with Gasteiger partial charge in [0.1, 0.15) is 11.6 Å². The van der Waals surface area contributed by atoms with Crippen molar-refractivity contribution in [3.05, 3.63) is 29.6 Å². The molecular weight excluding hydrogens is 249 g/mol. The van der Waals surface area contributed by atoms with Gasteiger partial charge in [-0.1, -0.05) is 0 Å². The van der Waals surface area contributed by atoms with Crippen LogP contribution in [0.3, 0.4) is 0 Å². The third kappa shape index (κ3) is 3.23. The van der Waals surface area contributed by atoms with Crippen LogP contribution >= 0.6 is 0 Å². The molecule has 0 amide bonds. The summed E-state index contributed by atoms with van der Waals surface area (Å²) in [5, 5.41) is 9.41. The number of aliphatic hydroxyl groups excluding tert-OH is 1. The predicted octanol–water partition coefficient (Wildman–Crippen LogP) is 1.27. The zero-order chi connectivity index (χ0) is 13.9. The van der Waals surface area contributed by atoms with E-state index in [-0.39, 0.29) is 17.8 Å². The lowest BCUT2D eigenvalue weighted by Crippen LogP contribution is -2.52. The van der Waals surface area contributed by atoms with Gasteiger partial charge in [-0.3, -0.25) is 0 Å². The number of hydrogen-bond acceptors (Lipinski definition) is 4. The van der Waals surface area contributed by atoms with Crippen molar-refractivity contribution in [2.75, 3.05) is 40.5 Å². The Balaban J connectivity index is 2.02. The molecule has 1 aliphatic heterocycles. The van der Waals surface area contributed by atoms with Gasteiger partial charge in [-0.15, -0.1) is 0 Å². The number of hydrogen-bond donors (Lipinski definition) is 1. The average molecular weight is 269 g/mol. The van der Waals surface area contributed by atoms with E-state index in [1.54, 1.807) is 13.2 Å². The Morgan fingerprint density at radius 1 is 1.47 bits per heavy atom. The lowest BCUT2D eigenvalue weighted by molar-refractivity contribution is -0.147. The van der Waals surface area contributed by atoms with Crippen LogP contribution in [0.15, 0.2) is 18.2 Å². The van der Waals surface area contributed by atoms with Crippen LogP contribution in [0.25, 0.3) is 0 Å². The second-order valence-corrected chi connectivity index (χ2v) is 5.28. The van der Waals surface area contributed by atoms with Gasteiger partial charge < -0.3 is 19.5 Å². The summed E-state index contributed by atoms with van der Waals surface area (Å²) in [6.07, 6.45) is 0. The van der Waals surface area contributed by atoms with Crippen molar-refractivity contribution in [2.45, 2.75) is 6.54 Å². The van der Waals surface area contributed by atoms with E-state index in [0.717, 1.165) is 5.56 Å². The summed E-state index contributed by atoms with van der Waals surface area (Å²) >= 11 is 0. The van der Waals surface area contributed by atoms with Crippen LogP contribution in [0, 0.1) is 11.2 Å². The minimum absolute atomic E-state index is 0.109. The van der Waals surface area contributed by atoms with Crippen LogP contribution in [0.1, 0.15) is 5.56 Å². The fourth-order valence-corrected chi connectivity index (χ4v) is 2.41. The van der Waals surface area contributed by atoms with Crippen LogP contribution in [-0.4, -0.2) is 50.5 Å². The number of rotatable bonds is 6. The highest BCUT2D eigenvalue weighted by Crippen LogP contribution is 2.29. The van der Waals surface area contributed by atoms with Crippen molar-refractivity contribution >= 4 is 0 Å². The Labute approximate surface area is 112 Å². The van der Waals surface area contributed by atoms with E-state index in [1.165, 1.54) is 12.1 Å². The van der Waals surface area contributed by atoms with Gasteiger partial charge in [-0.25, -0.2) is 4.39 Å². The predicted molar refractivity (Wildman–Crippen MR) is 69.6 cm³/mol. The van der Waals surface area contributed by atoms with Crippen molar-refractivity contribution in [3.8, 4) is 5.75 Å². The molecule has 0 atom stereocenters. The monoisotopic (exact) mass is 269 g/mol. The van der Waals surface area contributed by atoms with Gasteiger partial charge >= 0.3 is 0 Å². The fourth-order valence-electron chi connectivity index (χ4n) is 2.41. The zero-order valence-corrected chi connectivity index (χ0v) is 11.4. The molecule has 5 heteroatoms. The minimum atomic E-state index is -0.270. The molecule has 106 valence electrons. The molecular formula is C14H20FNO3. The SMILES string of the molecule is COc1ccc(F)cc1CN(C)CC1(CO)COC1. The second kappa shape index (κ2) is 5.86. The van der Waals surface area contributed by atoms with Crippen LogP contribution in [0.2, 0.25) is 0 Å². The maximum Gasteiger partial charge on any atom is 0.123 e. The van der Waals surface area contributed by atoms with Crippen molar-refractivity contribution < 1.29 is 19.0 Å². The first kappa shape index (κ1) is 14.2. The molecule has 1 aromatic rings. The molecule has 0 unspecified atom stereocenters. The summed E-state index contributed by atoms with van der Waals surface area (Å²) in [5.74, 6) is 0.407. The molecule has 1 aromatic carbocycles. The van der Waals surface area contributed by atoms with E-state index >= 15 is 0 Å². The molecule has 4 nitrogen and oxygen atoms in total. The molecule has 0 aliphatic carbocycles. The van der Waals surface area contributed by atoms with Crippen molar-refractivity contribution in [1.29, 1.82) is 0 Å². The molecule has 0 radical (unpaired) electrons. The summed E-state index contributed by atoms with van der Waals surface area (Å²) in [5.41, 5.74) is 0.633. The quantitative estimate of drug-likeness (QED) is 0.844. The van der Waals surface area contributed by atoms with Crippen molar-refractivity contribution in [2.24, 2.45) is 5.41 Å². The van der Waals surface area contributed by atoms with Gasteiger partial charge in [-0.05, 0) is 25.2 Å². The molecule has 0 aromatic heterocycles. The molecule has 0 bridgehead atoms. The Morgan fingerprint density at radius 2 is 2.21 bits per heavy atom. The number of benzene rings is 1. The minimum Gasteiger partial charge on any atom is -0.496 e. The lowest BCUT2D eigenvalue weighted by atomic mass is 9.86. The molecule has 1 aliphatic rings. The van der Waals surface area contributed by atoms with E-state index in [2.05, 4.69) is 4.90 Å². The summed E-state index contributed by atoms with van der Waals surface area (Å²) in [6, 6.07) is 4.50.